The van der Waals surface area contributed by atoms with E-state index in [0.29, 0.717) is 10.6 Å². The first kappa shape index (κ1) is 19.0. The molecule has 0 spiro atoms. The van der Waals surface area contributed by atoms with Crippen LogP contribution in [0.25, 0.3) is 22.4 Å². The summed E-state index contributed by atoms with van der Waals surface area (Å²) in [6.45, 7) is 0. The number of rotatable bonds is 3. The minimum absolute atomic E-state index is 0.0222. The smallest absolute Gasteiger partial charge is 0.417 e. The van der Waals surface area contributed by atoms with Crippen LogP contribution < -0.4 is 5.73 Å². The average molecular weight is 417 g/mol. The molecule has 2 heterocycles. The summed E-state index contributed by atoms with van der Waals surface area (Å²) < 4.78 is 46.7. The van der Waals surface area contributed by atoms with Crippen LogP contribution in [0.1, 0.15) is 21.7 Å². The lowest BCUT2D eigenvalue weighted by Gasteiger charge is -2.10. The highest BCUT2D eigenvalue weighted by atomic mass is 35.5. The second-order valence-electron chi connectivity index (χ2n) is 6.28. The molecule has 0 radical (unpaired) electrons. The number of ketones is 1. The van der Waals surface area contributed by atoms with Crippen LogP contribution in [0.2, 0.25) is 5.02 Å². The zero-order valence-electron chi connectivity index (χ0n) is 14.6. The Kier molecular flexibility index (Phi) is 4.55. The fourth-order valence-electron chi connectivity index (χ4n) is 3.00. The highest BCUT2D eigenvalue weighted by molar-refractivity contribution is 6.30. The monoisotopic (exact) mass is 416 g/mol. The summed E-state index contributed by atoms with van der Waals surface area (Å²) in [6.07, 6.45) is -4.73. The van der Waals surface area contributed by atoms with Gasteiger partial charge in [0.1, 0.15) is 0 Å². The van der Waals surface area contributed by atoms with Gasteiger partial charge in [-0.15, -0.1) is 0 Å². The van der Waals surface area contributed by atoms with Crippen molar-refractivity contribution in [3.05, 3.63) is 82.6 Å². The van der Waals surface area contributed by atoms with Gasteiger partial charge in [0.15, 0.2) is 0 Å². The molecule has 0 atom stereocenters. The number of hydrogen-bond acceptors (Lipinski definition) is 4. The molecule has 2 N–H and O–H groups in total. The van der Waals surface area contributed by atoms with Gasteiger partial charge in [-0.25, -0.2) is 4.98 Å². The standard InChI is InChI=1S/C21H12ClF3N2O2/c22-13-8-6-11(7-9-13)15-10-14(21(23,24)25)16-17(26)19(29-20(16)27-15)18(28)12-4-2-1-3-5-12/h1-10H,26H2. The molecule has 2 aromatic carbocycles. The zero-order valence-corrected chi connectivity index (χ0v) is 15.4. The molecule has 4 rings (SSSR count). The number of anilines is 1. The fraction of sp³-hybridized carbons (Fsp3) is 0.0476. The van der Waals surface area contributed by atoms with Crippen molar-refractivity contribution in [3.63, 3.8) is 0 Å². The SMILES string of the molecule is Nc1c(C(=O)c2ccccc2)oc2nc(-c3ccc(Cl)cc3)cc(C(F)(F)F)c12. The van der Waals surface area contributed by atoms with Crippen molar-refractivity contribution >= 4 is 34.2 Å². The molecule has 0 aliphatic rings. The third-order valence-electron chi connectivity index (χ3n) is 4.39. The van der Waals surface area contributed by atoms with Crippen LogP contribution in [0.3, 0.4) is 0 Å². The number of halogens is 4. The molecule has 0 bridgehead atoms. The van der Waals surface area contributed by atoms with Gasteiger partial charge in [-0.1, -0.05) is 54.1 Å². The molecule has 0 unspecified atom stereocenters. The van der Waals surface area contributed by atoms with E-state index in [-0.39, 0.29) is 22.7 Å². The Morgan fingerprint density at radius 3 is 2.31 bits per heavy atom. The maximum Gasteiger partial charge on any atom is 0.417 e. The zero-order chi connectivity index (χ0) is 20.8. The number of carbonyl (C=O) groups is 1. The van der Waals surface area contributed by atoms with E-state index in [1.54, 1.807) is 30.3 Å². The average Bonchev–Trinajstić information content (AvgIpc) is 3.03. The van der Waals surface area contributed by atoms with Gasteiger partial charge in [-0.3, -0.25) is 4.79 Å². The number of nitrogens with zero attached hydrogens (tertiary/aromatic N) is 1. The number of alkyl halides is 3. The summed E-state index contributed by atoms with van der Waals surface area (Å²) in [5.41, 5.74) is 4.80. The summed E-state index contributed by atoms with van der Waals surface area (Å²) in [4.78, 5) is 16.9. The van der Waals surface area contributed by atoms with Crippen molar-refractivity contribution in [1.82, 2.24) is 4.98 Å². The van der Waals surface area contributed by atoms with Crippen LogP contribution in [0.5, 0.6) is 0 Å². The van der Waals surface area contributed by atoms with Crippen molar-refractivity contribution in [2.75, 3.05) is 5.73 Å². The minimum Gasteiger partial charge on any atom is -0.432 e. The van der Waals surface area contributed by atoms with Crippen molar-refractivity contribution in [2.24, 2.45) is 0 Å². The van der Waals surface area contributed by atoms with Crippen molar-refractivity contribution < 1.29 is 22.4 Å². The van der Waals surface area contributed by atoms with Crippen LogP contribution in [0.15, 0.2) is 65.1 Å². The molecular formula is C21H12ClF3N2O2. The molecule has 2 aromatic heterocycles. The highest BCUT2D eigenvalue weighted by Gasteiger charge is 2.37. The Bertz CT molecular complexity index is 1220. The molecule has 0 saturated heterocycles. The second-order valence-corrected chi connectivity index (χ2v) is 6.72. The van der Waals surface area contributed by atoms with Crippen LogP contribution >= 0.6 is 11.6 Å². The Morgan fingerprint density at radius 2 is 1.69 bits per heavy atom. The summed E-state index contributed by atoms with van der Waals surface area (Å²) in [7, 11) is 0. The first-order chi connectivity index (χ1) is 13.8. The van der Waals surface area contributed by atoms with E-state index in [4.69, 9.17) is 21.8 Å². The Hall–Kier alpha value is -3.32. The highest BCUT2D eigenvalue weighted by Crippen LogP contribution is 2.41. The molecule has 8 heteroatoms. The summed E-state index contributed by atoms with van der Waals surface area (Å²) in [5.74, 6) is -1.00. The van der Waals surface area contributed by atoms with E-state index >= 15 is 0 Å². The number of fused-ring (bicyclic) bond motifs is 1. The molecular weight excluding hydrogens is 405 g/mol. The number of furan rings is 1. The maximum absolute atomic E-state index is 13.8. The molecule has 146 valence electrons. The van der Waals surface area contributed by atoms with Crippen LogP contribution in [-0.2, 0) is 6.18 Å². The Morgan fingerprint density at radius 1 is 1.03 bits per heavy atom. The Balaban J connectivity index is 1.95. The van der Waals surface area contributed by atoms with Gasteiger partial charge < -0.3 is 10.2 Å². The summed E-state index contributed by atoms with van der Waals surface area (Å²) >= 11 is 5.84. The van der Waals surface area contributed by atoms with Crippen molar-refractivity contribution in [1.29, 1.82) is 0 Å². The number of hydrogen-bond donors (Lipinski definition) is 1. The molecule has 0 aliphatic heterocycles. The fourth-order valence-corrected chi connectivity index (χ4v) is 3.13. The quantitative estimate of drug-likeness (QED) is 0.417. The predicted molar refractivity (Wildman–Crippen MR) is 104 cm³/mol. The lowest BCUT2D eigenvalue weighted by Crippen LogP contribution is -2.08. The summed E-state index contributed by atoms with van der Waals surface area (Å²) in [5, 5.41) is -0.00152. The molecule has 0 saturated carbocycles. The van der Waals surface area contributed by atoms with E-state index in [1.165, 1.54) is 24.3 Å². The van der Waals surface area contributed by atoms with E-state index in [9.17, 15) is 18.0 Å². The van der Waals surface area contributed by atoms with E-state index < -0.39 is 28.6 Å². The lowest BCUT2D eigenvalue weighted by atomic mass is 10.0. The van der Waals surface area contributed by atoms with Crippen molar-refractivity contribution in [3.8, 4) is 11.3 Å². The molecule has 4 aromatic rings. The van der Waals surface area contributed by atoms with Gasteiger partial charge in [-0.05, 0) is 18.2 Å². The molecule has 29 heavy (non-hydrogen) atoms. The largest absolute Gasteiger partial charge is 0.432 e. The second kappa shape index (κ2) is 6.93. The number of carbonyl (C=O) groups excluding carboxylic acids is 1. The third-order valence-corrected chi connectivity index (χ3v) is 4.64. The predicted octanol–water partition coefficient (Wildman–Crippen LogP) is 5.98. The number of benzene rings is 2. The van der Waals surface area contributed by atoms with Crippen LogP contribution in [0.4, 0.5) is 18.9 Å². The topological polar surface area (TPSA) is 69.1 Å². The molecule has 0 aliphatic carbocycles. The van der Waals surface area contributed by atoms with Crippen molar-refractivity contribution in [2.45, 2.75) is 6.18 Å². The van der Waals surface area contributed by atoms with E-state index in [0.717, 1.165) is 6.07 Å². The number of pyridine rings is 1. The molecule has 0 fully saturated rings. The van der Waals surface area contributed by atoms with E-state index in [1.807, 2.05) is 0 Å². The Labute approximate surface area is 167 Å². The number of aromatic nitrogens is 1. The van der Waals surface area contributed by atoms with Gasteiger partial charge >= 0.3 is 6.18 Å². The van der Waals surface area contributed by atoms with Gasteiger partial charge in [0, 0.05) is 16.1 Å². The maximum atomic E-state index is 13.8. The normalized spacial score (nSPS) is 11.7. The third kappa shape index (κ3) is 3.45. The van der Waals surface area contributed by atoms with Crippen LogP contribution in [-0.4, -0.2) is 10.8 Å². The molecule has 0 amide bonds. The van der Waals surface area contributed by atoms with Crippen LogP contribution in [0, 0.1) is 0 Å². The summed E-state index contributed by atoms with van der Waals surface area (Å²) in [6, 6.07) is 15.0. The first-order valence-electron chi connectivity index (χ1n) is 8.41. The van der Waals surface area contributed by atoms with Gasteiger partial charge in [-0.2, -0.15) is 13.2 Å². The van der Waals surface area contributed by atoms with Gasteiger partial charge in [0.2, 0.25) is 17.3 Å². The van der Waals surface area contributed by atoms with Gasteiger partial charge in [0.25, 0.3) is 0 Å². The number of nitrogens with two attached hydrogens (primary N) is 1. The van der Waals surface area contributed by atoms with Gasteiger partial charge in [0.05, 0.1) is 22.3 Å². The lowest BCUT2D eigenvalue weighted by molar-refractivity contribution is -0.136. The number of nitrogen functional groups attached to an aromatic ring is 1. The van der Waals surface area contributed by atoms with E-state index in [2.05, 4.69) is 4.98 Å². The first-order valence-corrected chi connectivity index (χ1v) is 8.79. The minimum atomic E-state index is -4.73. The molecule has 4 nitrogen and oxygen atoms in total.